The highest BCUT2D eigenvalue weighted by Gasteiger charge is 2.07. The van der Waals surface area contributed by atoms with Crippen molar-refractivity contribution >= 4 is 17.5 Å². The first-order valence-electron chi connectivity index (χ1n) is 7.68. The molecule has 2 aromatic carbocycles. The smallest absolute Gasteiger partial charge is 0.258 e. The summed E-state index contributed by atoms with van der Waals surface area (Å²) >= 11 is 0. The molecular weight excluding hydrogens is 300 g/mol. The van der Waals surface area contributed by atoms with Crippen LogP contribution < -0.4 is 10.6 Å². The van der Waals surface area contributed by atoms with Crippen molar-refractivity contribution < 1.29 is 4.79 Å². The Bertz CT molecular complexity index is 816. The van der Waals surface area contributed by atoms with E-state index < -0.39 is 0 Å². The van der Waals surface area contributed by atoms with Crippen LogP contribution in [0.1, 0.15) is 21.5 Å². The van der Waals surface area contributed by atoms with E-state index in [0.717, 1.165) is 11.3 Å². The third-order valence-corrected chi connectivity index (χ3v) is 3.48. The van der Waals surface area contributed by atoms with Gasteiger partial charge in [-0.05, 0) is 24.6 Å². The van der Waals surface area contributed by atoms with Gasteiger partial charge in [0, 0.05) is 24.6 Å². The Balaban J connectivity index is 1.59. The first-order valence-corrected chi connectivity index (χ1v) is 7.68. The maximum Gasteiger partial charge on any atom is 0.258 e. The van der Waals surface area contributed by atoms with E-state index >= 15 is 0 Å². The summed E-state index contributed by atoms with van der Waals surface area (Å²) in [7, 11) is 0. The first kappa shape index (κ1) is 15.7. The lowest BCUT2D eigenvalue weighted by Gasteiger charge is -2.07. The normalized spacial score (nSPS) is 10.2. The van der Waals surface area contributed by atoms with Gasteiger partial charge in [0.2, 0.25) is 5.95 Å². The van der Waals surface area contributed by atoms with Gasteiger partial charge in [-0.15, -0.1) is 0 Å². The van der Waals surface area contributed by atoms with Crippen LogP contribution in [0.3, 0.4) is 0 Å². The molecule has 0 fully saturated rings. The Morgan fingerprint density at radius 2 is 1.75 bits per heavy atom. The molecule has 3 aromatic rings. The van der Waals surface area contributed by atoms with Crippen LogP contribution in [0.4, 0.5) is 11.6 Å². The average Bonchev–Trinajstić information content (AvgIpc) is 2.61. The standard InChI is InChI=1S/C19H18N4O/c1-14-6-5-7-15(10-14)11-20-19-21-12-16(13-22-19)18(24)23-17-8-3-2-4-9-17/h2-10,12-13H,11H2,1H3,(H,23,24)(H,20,21,22). The van der Waals surface area contributed by atoms with Crippen molar-refractivity contribution in [1.29, 1.82) is 0 Å². The highest BCUT2D eigenvalue weighted by atomic mass is 16.1. The van der Waals surface area contributed by atoms with E-state index in [1.807, 2.05) is 42.5 Å². The SMILES string of the molecule is Cc1cccc(CNc2ncc(C(=O)Nc3ccccc3)cn2)c1. The van der Waals surface area contributed by atoms with Crippen LogP contribution in [0.25, 0.3) is 0 Å². The van der Waals surface area contributed by atoms with Crippen LogP contribution in [-0.2, 0) is 6.54 Å². The lowest BCUT2D eigenvalue weighted by molar-refractivity contribution is 0.102. The summed E-state index contributed by atoms with van der Waals surface area (Å²) in [6, 6.07) is 17.5. The number of carbonyl (C=O) groups is 1. The van der Waals surface area contributed by atoms with Gasteiger partial charge in [-0.1, -0.05) is 48.0 Å². The molecule has 2 N–H and O–H groups in total. The van der Waals surface area contributed by atoms with Crippen molar-refractivity contribution in [1.82, 2.24) is 9.97 Å². The maximum atomic E-state index is 12.1. The zero-order valence-corrected chi connectivity index (χ0v) is 13.4. The van der Waals surface area contributed by atoms with Gasteiger partial charge >= 0.3 is 0 Å². The topological polar surface area (TPSA) is 66.9 Å². The van der Waals surface area contributed by atoms with E-state index in [1.54, 1.807) is 0 Å². The summed E-state index contributed by atoms with van der Waals surface area (Å²) in [6.45, 7) is 2.69. The van der Waals surface area contributed by atoms with Crippen molar-refractivity contribution in [2.45, 2.75) is 13.5 Å². The second-order valence-corrected chi connectivity index (χ2v) is 5.46. The molecule has 1 heterocycles. The van der Waals surface area contributed by atoms with Gasteiger partial charge in [-0.2, -0.15) is 0 Å². The summed E-state index contributed by atoms with van der Waals surface area (Å²) in [5.41, 5.74) is 3.52. The molecule has 0 atom stereocenters. The van der Waals surface area contributed by atoms with Crippen molar-refractivity contribution in [3.8, 4) is 0 Å². The van der Waals surface area contributed by atoms with Crippen LogP contribution in [0.5, 0.6) is 0 Å². The number of benzene rings is 2. The van der Waals surface area contributed by atoms with Crippen LogP contribution >= 0.6 is 0 Å². The molecule has 0 saturated carbocycles. The predicted octanol–water partition coefficient (Wildman–Crippen LogP) is 3.65. The highest BCUT2D eigenvalue weighted by Crippen LogP contribution is 2.09. The molecular formula is C19H18N4O. The lowest BCUT2D eigenvalue weighted by atomic mass is 10.1. The summed E-state index contributed by atoms with van der Waals surface area (Å²) < 4.78 is 0. The van der Waals surface area contributed by atoms with Gasteiger partial charge in [0.15, 0.2) is 0 Å². The molecule has 5 heteroatoms. The van der Waals surface area contributed by atoms with Crippen LogP contribution in [0.15, 0.2) is 67.0 Å². The second kappa shape index (κ2) is 7.37. The second-order valence-electron chi connectivity index (χ2n) is 5.46. The minimum atomic E-state index is -0.230. The Morgan fingerprint density at radius 1 is 1.00 bits per heavy atom. The highest BCUT2D eigenvalue weighted by molar-refractivity contribution is 6.03. The third kappa shape index (κ3) is 4.16. The molecule has 1 aromatic heterocycles. The number of aromatic nitrogens is 2. The molecule has 1 amide bonds. The van der Waals surface area contributed by atoms with E-state index in [4.69, 9.17) is 0 Å². The molecule has 24 heavy (non-hydrogen) atoms. The number of nitrogens with zero attached hydrogens (tertiary/aromatic N) is 2. The molecule has 0 unspecified atom stereocenters. The largest absolute Gasteiger partial charge is 0.350 e. The van der Waals surface area contributed by atoms with E-state index in [0.29, 0.717) is 18.1 Å². The van der Waals surface area contributed by atoms with Crippen LogP contribution in [0.2, 0.25) is 0 Å². The number of aryl methyl sites for hydroxylation is 1. The minimum Gasteiger partial charge on any atom is -0.350 e. The van der Waals surface area contributed by atoms with E-state index in [-0.39, 0.29) is 5.91 Å². The molecule has 0 spiro atoms. The van der Waals surface area contributed by atoms with Crippen molar-refractivity contribution in [2.24, 2.45) is 0 Å². The van der Waals surface area contributed by atoms with Gasteiger partial charge < -0.3 is 10.6 Å². The summed E-state index contributed by atoms with van der Waals surface area (Å²) in [4.78, 5) is 20.5. The van der Waals surface area contributed by atoms with Crippen LogP contribution in [-0.4, -0.2) is 15.9 Å². The predicted molar refractivity (Wildman–Crippen MR) is 94.9 cm³/mol. The zero-order chi connectivity index (χ0) is 16.8. The molecule has 0 radical (unpaired) electrons. The van der Waals surface area contributed by atoms with Crippen LogP contribution in [0, 0.1) is 6.92 Å². The number of carbonyl (C=O) groups excluding carboxylic acids is 1. The van der Waals surface area contributed by atoms with Gasteiger partial charge in [0.05, 0.1) is 5.56 Å². The number of anilines is 2. The van der Waals surface area contributed by atoms with Crippen molar-refractivity contribution in [3.05, 3.63) is 83.7 Å². The molecule has 3 rings (SSSR count). The van der Waals surface area contributed by atoms with Gasteiger partial charge in [0.25, 0.3) is 5.91 Å². The average molecular weight is 318 g/mol. The van der Waals surface area contributed by atoms with E-state index in [2.05, 4.69) is 39.7 Å². The van der Waals surface area contributed by atoms with E-state index in [1.165, 1.54) is 18.0 Å². The number of amides is 1. The lowest BCUT2D eigenvalue weighted by Crippen LogP contribution is -2.13. The molecule has 120 valence electrons. The quantitative estimate of drug-likeness (QED) is 0.753. The van der Waals surface area contributed by atoms with Gasteiger partial charge in [-0.3, -0.25) is 4.79 Å². The Hall–Kier alpha value is -3.21. The molecule has 0 saturated heterocycles. The molecule has 0 aliphatic rings. The monoisotopic (exact) mass is 318 g/mol. The maximum absolute atomic E-state index is 12.1. The molecule has 0 bridgehead atoms. The molecule has 0 aliphatic heterocycles. The van der Waals surface area contributed by atoms with Crippen molar-refractivity contribution in [3.63, 3.8) is 0 Å². The Kier molecular flexibility index (Phi) is 4.81. The number of para-hydroxylation sites is 1. The number of nitrogens with one attached hydrogen (secondary N) is 2. The number of hydrogen-bond acceptors (Lipinski definition) is 4. The molecule has 5 nitrogen and oxygen atoms in total. The fourth-order valence-electron chi connectivity index (χ4n) is 2.26. The van der Waals surface area contributed by atoms with Gasteiger partial charge in [-0.25, -0.2) is 9.97 Å². The van der Waals surface area contributed by atoms with E-state index in [9.17, 15) is 4.79 Å². The fourth-order valence-corrected chi connectivity index (χ4v) is 2.26. The minimum absolute atomic E-state index is 0.230. The summed E-state index contributed by atoms with van der Waals surface area (Å²) in [5.74, 6) is 0.263. The third-order valence-electron chi connectivity index (χ3n) is 3.48. The first-order chi connectivity index (χ1) is 11.7. The van der Waals surface area contributed by atoms with Crippen molar-refractivity contribution in [2.75, 3.05) is 10.6 Å². The number of rotatable bonds is 5. The summed E-state index contributed by atoms with van der Waals surface area (Å²) in [6.07, 6.45) is 3.04. The van der Waals surface area contributed by atoms with Gasteiger partial charge in [0.1, 0.15) is 0 Å². The summed E-state index contributed by atoms with van der Waals surface area (Å²) in [5, 5.41) is 5.95. The Morgan fingerprint density at radius 3 is 2.46 bits per heavy atom. The Labute approximate surface area is 140 Å². The molecule has 0 aliphatic carbocycles. The fraction of sp³-hybridized carbons (Fsp3) is 0.105. The number of hydrogen-bond donors (Lipinski definition) is 2. The zero-order valence-electron chi connectivity index (χ0n) is 13.4.